The first kappa shape index (κ1) is 16.5. The van der Waals surface area contributed by atoms with Gasteiger partial charge in [-0.3, -0.25) is 9.59 Å². The van der Waals surface area contributed by atoms with E-state index in [1.807, 2.05) is 0 Å². The summed E-state index contributed by atoms with van der Waals surface area (Å²) in [6.45, 7) is 0.0438. The largest absolute Gasteiger partial charge is 0.483 e. The second-order valence-electron chi connectivity index (χ2n) is 4.84. The Bertz CT molecular complexity index is 704. The normalized spacial score (nSPS) is 10.1. The van der Waals surface area contributed by atoms with E-state index in [2.05, 4.69) is 5.32 Å². The summed E-state index contributed by atoms with van der Waals surface area (Å²) in [5, 5.41) is 2.63. The third-order valence-electron chi connectivity index (χ3n) is 3.19. The van der Waals surface area contributed by atoms with Gasteiger partial charge < -0.3 is 15.8 Å². The highest BCUT2D eigenvalue weighted by atomic mass is 19.1. The van der Waals surface area contributed by atoms with Crippen LogP contribution in [0.4, 0.5) is 4.39 Å². The Morgan fingerprint density at radius 2 is 1.78 bits per heavy atom. The number of ether oxygens (including phenoxy) is 1. The predicted octanol–water partition coefficient (Wildman–Crippen LogP) is 1.66. The van der Waals surface area contributed by atoms with E-state index >= 15 is 0 Å². The summed E-state index contributed by atoms with van der Waals surface area (Å²) in [5.74, 6) is -1.03. The zero-order chi connectivity index (χ0) is 16.7. The number of rotatable bonds is 7. The van der Waals surface area contributed by atoms with Crippen molar-refractivity contribution < 1.29 is 18.7 Å². The SMILES string of the molecule is NC(=O)c1ccccc1OCC(=O)NCCc1ccccc1F. The molecule has 2 aromatic rings. The van der Waals surface area contributed by atoms with Crippen molar-refractivity contribution in [3.05, 3.63) is 65.5 Å². The summed E-state index contributed by atoms with van der Waals surface area (Å²) in [6, 6.07) is 12.8. The van der Waals surface area contributed by atoms with E-state index in [4.69, 9.17) is 10.5 Å². The number of hydrogen-bond donors (Lipinski definition) is 2. The van der Waals surface area contributed by atoms with Gasteiger partial charge in [0.15, 0.2) is 6.61 Å². The number of benzene rings is 2. The minimum Gasteiger partial charge on any atom is -0.483 e. The van der Waals surface area contributed by atoms with Gasteiger partial charge in [-0.25, -0.2) is 4.39 Å². The number of carbonyl (C=O) groups is 2. The van der Waals surface area contributed by atoms with Gasteiger partial charge in [0.2, 0.25) is 0 Å². The van der Waals surface area contributed by atoms with Gasteiger partial charge >= 0.3 is 0 Å². The standard InChI is InChI=1S/C17H17FN2O3/c18-14-7-3-1-5-12(14)9-10-20-16(21)11-23-15-8-4-2-6-13(15)17(19)22/h1-8H,9-11H2,(H2,19,22)(H,20,21). The number of para-hydroxylation sites is 1. The first-order valence-corrected chi connectivity index (χ1v) is 7.09. The third-order valence-corrected chi connectivity index (χ3v) is 3.19. The molecule has 120 valence electrons. The highest BCUT2D eigenvalue weighted by Crippen LogP contribution is 2.16. The molecular weight excluding hydrogens is 299 g/mol. The van der Waals surface area contributed by atoms with E-state index in [1.54, 1.807) is 36.4 Å². The average molecular weight is 316 g/mol. The maximum Gasteiger partial charge on any atom is 0.257 e. The molecule has 0 aliphatic rings. The van der Waals surface area contributed by atoms with Gasteiger partial charge in [-0.05, 0) is 30.2 Å². The lowest BCUT2D eigenvalue weighted by Gasteiger charge is -2.10. The third kappa shape index (κ3) is 4.81. The van der Waals surface area contributed by atoms with E-state index in [-0.39, 0.29) is 29.6 Å². The van der Waals surface area contributed by atoms with Gasteiger partial charge in [0.1, 0.15) is 11.6 Å². The number of nitrogens with one attached hydrogen (secondary N) is 1. The first-order chi connectivity index (χ1) is 11.1. The van der Waals surface area contributed by atoms with E-state index in [1.165, 1.54) is 12.1 Å². The Hall–Kier alpha value is -2.89. The second-order valence-corrected chi connectivity index (χ2v) is 4.84. The number of halogens is 1. The molecular formula is C17H17FN2O3. The highest BCUT2D eigenvalue weighted by molar-refractivity contribution is 5.95. The van der Waals surface area contributed by atoms with Gasteiger partial charge in [0.05, 0.1) is 5.56 Å². The quantitative estimate of drug-likeness (QED) is 0.815. The van der Waals surface area contributed by atoms with E-state index in [0.717, 1.165) is 0 Å². The van der Waals surface area contributed by atoms with Crippen molar-refractivity contribution in [3.63, 3.8) is 0 Å². The monoisotopic (exact) mass is 316 g/mol. The molecule has 2 rings (SSSR count). The molecule has 0 heterocycles. The van der Waals surface area contributed by atoms with Crippen LogP contribution in [-0.2, 0) is 11.2 Å². The molecule has 5 nitrogen and oxygen atoms in total. The molecule has 0 unspecified atom stereocenters. The molecule has 2 aromatic carbocycles. The fourth-order valence-corrected chi connectivity index (χ4v) is 2.03. The Kier molecular flexibility index (Phi) is 5.68. The van der Waals surface area contributed by atoms with Gasteiger partial charge in [0.25, 0.3) is 11.8 Å². The summed E-state index contributed by atoms with van der Waals surface area (Å²) < 4.78 is 18.7. The average Bonchev–Trinajstić information content (AvgIpc) is 2.55. The fraction of sp³-hybridized carbons (Fsp3) is 0.176. The van der Waals surface area contributed by atoms with Crippen molar-refractivity contribution in [1.82, 2.24) is 5.32 Å². The van der Waals surface area contributed by atoms with Crippen LogP contribution in [0.1, 0.15) is 15.9 Å². The lowest BCUT2D eigenvalue weighted by molar-refractivity contribution is -0.123. The lowest BCUT2D eigenvalue weighted by Crippen LogP contribution is -2.31. The number of primary amides is 1. The Morgan fingerprint density at radius 1 is 1.09 bits per heavy atom. The maximum absolute atomic E-state index is 13.4. The van der Waals surface area contributed by atoms with Crippen LogP contribution in [0.5, 0.6) is 5.75 Å². The van der Waals surface area contributed by atoms with Crippen LogP contribution < -0.4 is 15.8 Å². The van der Waals surface area contributed by atoms with Gasteiger partial charge in [-0.15, -0.1) is 0 Å². The van der Waals surface area contributed by atoms with Crippen LogP contribution in [0.25, 0.3) is 0 Å². The van der Waals surface area contributed by atoms with E-state index < -0.39 is 5.91 Å². The fourth-order valence-electron chi connectivity index (χ4n) is 2.03. The number of carbonyl (C=O) groups excluding carboxylic acids is 2. The minimum atomic E-state index is -0.624. The summed E-state index contributed by atoms with van der Waals surface area (Å²) in [6.07, 6.45) is 0.385. The number of hydrogen-bond acceptors (Lipinski definition) is 3. The van der Waals surface area contributed by atoms with E-state index in [9.17, 15) is 14.0 Å². The molecule has 0 spiro atoms. The molecule has 0 radical (unpaired) electrons. The molecule has 0 aliphatic heterocycles. The van der Waals surface area contributed by atoms with Crippen LogP contribution in [-0.4, -0.2) is 25.0 Å². The smallest absolute Gasteiger partial charge is 0.257 e. The van der Waals surface area contributed by atoms with Gasteiger partial charge in [0, 0.05) is 6.54 Å². The topological polar surface area (TPSA) is 81.4 Å². The molecule has 6 heteroatoms. The molecule has 23 heavy (non-hydrogen) atoms. The highest BCUT2D eigenvalue weighted by Gasteiger charge is 2.10. The molecule has 3 N–H and O–H groups in total. The molecule has 0 aromatic heterocycles. The Morgan fingerprint density at radius 3 is 2.52 bits per heavy atom. The second kappa shape index (κ2) is 7.93. The van der Waals surface area contributed by atoms with Crippen LogP contribution >= 0.6 is 0 Å². The van der Waals surface area contributed by atoms with Crippen molar-refractivity contribution >= 4 is 11.8 Å². The van der Waals surface area contributed by atoms with Crippen LogP contribution in [0.15, 0.2) is 48.5 Å². The molecule has 0 atom stereocenters. The number of amides is 2. The number of nitrogens with two attached hydrogens (primary N) is 1. The van der Waals surface area contributed by atoms with Crippen molar-refractivity contribution in [2.45, 2.75) is 6.42 Å². The lowest BCUT2D eigenvalue weighted by atomic mass is 10.1. The summed E-state index contributed by atoms with van der Waals surface area (Å²) in [5.41, 5.74) is 5.97. The van der Waals surface area contributed by atoms with Crippen LogP contribution in [0, 0.1) is 5.82 Å². The Balaban J connectivity index is 1.80. The summed E-state index contributed by atoms with van der Waals surface area (Å²) in [4.78, 5) is 23.0. The molecule has 0 saturated heterocycles. The maximum atomic E-state index is 13.4. The predicted molar refractivity (Wildman–Crippen MR) is 83.6 cm³/mol. The summed E-state index contributed by atoms with van der Waals surface area (Å²) >= 11 is 0. The van der Waals surface area contributed by atoms with Crippen molar-refractivity contribution in [1.29, 1.82) is 0 Å². The zero-order valence-electron chi connectivity index (χ0n) is 12.4. The molecule has 2 amide bonds. The van der Waals surface area contributed by atoms with E-state index in [0.29, 0.717) is 18.5 Å². The van der Waals surface area contributed by atoms with Crippen LogP contribution in [0.3, 0.4) is 0 Å². The minimum absolute atomic E-state index is 0.214. The molecule has 0 saturated carbocycles. The van der Waals surface area contributed by atoms with Crippen LogP contribution in [0.2, 0.25) is 0 Å². The van der Waals surface area contributed by atoms with Crippen molar-refractivity contribution in [2.24, 2.45) is 5.73 Å². The van der Waals surface area contributed by atoms with Gasteiger partial charge in [-0.1, -0.05) is 30.3 Å². The first-order valence-electron chi connectivity index (χ1n) is 7.09. The summed E-state index contributed by atoms with van der Waals surface area (Å²) in [7, 11) is 0. The molecule has 0 fully saturated rings. The molecule has 0 bridgehead atoms. The zero-order valence-corrected chi connectivity index (χ0v) is 12.4. The van der Waals surface area contributed by atoms with Gasteiger partial charge in [-0.2, -0.15) is 0 Å². The van der Waals surface area contributed by atoms with Crippen molar-refractivity contribution in [3.8, 4) is 5.75 Å². The van der Waals surface area contributed by atoms with Crippen molar-refractivity contribution in [2.75, 3.05) is 13.2 Å². The Labute approximate surface area is 133 Å². The molecule has 0 aliphatic carbocycles.